The van der Waals surface area contributed by atoms with Crippen molar-refractivity contribution in [2.75, 3.05) is 63.2 Å². The van der Waals surface area contributed by atoms with Crippen LogP contribution < -0.4 is 10.2 Å². The summed E-state index contributed by atoms with van der Waals surface area (Å²) in [4.78, 5) is 13.8. The normalized spacial score (nSPS) is 16.4. The minimum absolute atomic E-state index is 0.655. The van der Waals surface area contributed by atoms with Crippen LogP contribution in [0.4, 0.5) is 11.8 Å². The molecule has 20 heavy (non-hydrogen) atoms. The van der Waals surface area contributed by atoms with Crippen LogP contribution in [0.15, 0.2) is 6.07 Å². The highest BCUT2D eigenvalue weighted by Gasteiger charge is 2.17. The molecule has 0 unspecified atom stereocenters. The summed E-state index contributed by atoms with van der Waals surface area (Å²) in [5.41, 5.74) is 0.993. The molecule has 112 valence electrons. The van der Waals surface area contributed by atoms with Gasteiger partial charge in [-0.3, -0.25) is 0 Å². The van der Waals surface area contributed by atoms with Gasteiger partial charge in [0.25, 0.3) is 0 Å². The van der Waals surface area contributed by atoms with E-state index in [2.05, 4.69) is 38.1 Å². The third-order valence-corrected chi connectivity index (χ3v) is 3.57. The van der Waals surface area contributed by atoms with E-state index < -0.39 is 0 Å². The lowest BCUT2D eigenvalue weighted by Crippen LogP contribution is -2.46. The van der Waals surface area contributed by atoms with Crippen LogP contribution in [-0.2, 0) is 4.74 Å². The van der Waals surface area contributed by atoms with Crippen LogP contribution in [0.2, 0.25) is 0 Å². The number of likely N-dealkylation sites (N-methyl/N-ethyl adjacent to an activating group) is 1. The first-order valence-electron chi connectivity index (χ1n) is 7.28. The number of hydrogen-bond donors (Lipinski definition) is 1. The van der Waals surface area contributed by atoms with Gasteiger partial charge < -0.3 is 19.9 Å². The molecule has 0 aliphatic carbocycles. The first kappa shape index (κ1) is 15.0. The van der Waals surface area contributed by atoms with Gasteiger partial charge in [-0.25, -0.2) is 4.98 Å². The second-order valence-electron chi connectivity index (χ2n) is 5.03. The molecule has 0 saturated carbocycles. The lowest BCUT2D eigenvalue weighted by Gasteiger charge is -2.34. The summed E-state index contributed by atoms with van der Waals surface area (Å²) >= 11 is 0. The van der Waals surface area contributed by atoms with Gasteiger partial charge in [-0.2, -0.15) is 4.98 Å². The van der Waals surface area contributed by atoms with Crippen LogP contribution in [0.1, 0.15) is 12.6 Å². The standard InChI is InChI=1S/C14H25N5O/c1-4-18-6-8-19(9-7-18)13-11-12(2)16-14(17-13)15-5-10-20-3/h11H,4-10H2,1-3H3,(H,15,16,17). The van der Waals surface area contributed by atoms with E-state index in [0.717, 1.165) is 50.8 Å². The quantitative estimate of drug-likeness (QED) is 0.784. The molecular formula is C14H25N5O. The molecular weight excluding hydrogens is 254 g/mol. The lowest BCUT2D eigenvalue weighted by atomic mass is 10.3. The summed E-state index contributed by atoms with van der Waals surface area (Å²) in [6, 6.07) is 2.06. The van der Waals surface area contributed by atoms with Crippen LogP contribution in [-0.4, -0.2) is 67.9 Å². The van der Waals surface area contributed by atoms with Crippen molar-refractivity contribution in [2.45, 2.75) is 13.8 Å². The van der Waals surface area contributed by atoms with Crippen LogP contribution in [0.5, 0.6) is 0 Å². The van der Waals surface area contributed by atoms with E-state index in [4.69, 9.17) is 4.74 Å². The Hall–Kier alpha value is -1.40. The fourth-order valence-corrected chi connectivity index (χ4v) is 2.35. The molecule has 1 aliphatic rings. The molecule has 2 heterocycles. The summed E-state index contributed by atoms with van der Waals surface area (Å²) in [6.45, 7) is 11.0. The molecule has 1 fully saturated rings. The highest BCUT2D eigenvalue weighted by atomic mass is 16.5. The Bertz CT molecular complexity index is 418. The van der Waals surface area contributed by atoms with Crippen molar-refractivity contribution in [3.05, 3.63) is 11.8 Å². The molecule has 0 amide bonds. The zero-order chi connectivity index (χ0) is 14.4. The summed E-state index contributed by atoms with van der Waals surface area (Å²) in [5, 5.41) is 3.20. The van der Waals surface area contributed by atoms with E-state index in [1.807, 2.05) is 6.92 Å². The maximum Gasteiger partial charge on any atom is 0.224 e. The Balaban J connectivity index is 2.00. The lowest BCUT2D eigenvalue weighted by molar-refractivity contribution is 0.210. The maximum atomic E-state index is 5.03. The van der Waals surface area contributed by atoms with Gasteiger partial charge in [0.15, 0.2) is 0 Å². The minimum atomic E-state index is 0.655. The van der Waals surface area contributed by atoms with Crippen molar-refractivity contribution < 1.29 is 4.74 Å². The molecule has 1 N–H and O–H groups in total. The number of hydrogen-bond acceptors (Lipinski definition) is 6. The number of aryl methyl sites for hydroxylation is 1. The summed E-state index contributed by atoms with van der Waals surface area (Å²) in [7, 11) is 1.69. The first-order valence-corrected chi connectivity index (χ1v) is 7.28. The predicted octanol–water partition coefficient (Wildman–Crippen LogP) is 0.985. The third-order valence-electron chi connectivity index (χ3n) is 3.57. The van der Waals surface area contributed by atoms with Crippen molar-refractivity contribution in [1.29, 1.82) is 0 Å². The molecule has 0 spiro atoms. The molecule has 6 heteroatoms. The van der Waals surface area contributed by atoms with E-state index >= 15 is 0 Å². The summed E-state index contributed by atoms with van der Waals surface area (Å²) in [6.07, 6.45) is 0. The van der Waals surface area contributed by atoms with Gasteiger partial charge in [-0.1, -0.05) is 6.92 Å². The summed E-state index contributed by atoms with van der Waals surface area (Å²) in [5.74, 6) is 1.71. The maximum absolute atomic E-state index is 5.03. The van der Waals surface area contributed by atoms with E-state index in [1.165, 1.54) is 0 Å². The number of nitrogens with zero attached hydrogens (tertiary/aromatic N) is 4. The van der Waals surface area contributed by atoms with Gasteiger partial charge in [0.05, 0.1) is 6.61 Å². The number of methoxy groups -OCH3 is 1. The van der Waals surface area contributed by atoms with Crippen molar-refractivity contribution >= 4 is 11.8 Å². The van der Waals surface area contributed by atoms with Crippen LogP contribution in [0.25, 0.3) is 0 Å². The fourth-order valence-electron chi connectivity index (χ4n) is 2.35. The molecule has 2 rings (SSSR count). The van der Waals surface area contributed by atoms with E-state index in [1.54, 1.807) is 7.11 Å². The Labute approximate surface area is 121 Å². The molecule has 0 bridgehead atoms. The van der Waals surface area contributed by atoms with Crippen LogP contribution >= 0.6 is 0 Å². The number of aromatic nitrogens is 2. The average molecular weight is 279 g/mol. The smallest absolute Gasteiger partial charge is 0.224 e. The topological polar surface area (TPSA) is 53.5 Å². The molecule has 1 saturated heterocycles. The molecule has 1 aromatic rings. The van der Waals surface area contributed by atoms with E-state index in [0.29, 0.717) is 12.6 Å². The van der Waals surface area contributed by atoms with Crippen molar-refractivity contribution in [2.24, 2.45) is 0 Å². The molecule has 1 aromatic heterocycles. The first-order chi connectivity index (χ1) is 9.72. The van der Waals surface area contributed by atoms with Crippen molar-refractivity contribution in [1.82, 2.24) is 14.9 Å². The fraction of sp³-hybridized carbons (Fsp3) is 0.714. The number of ether oxygens (including phenoxy) is 1. The number of rotatable bonds is 6. The minimum Gasteiger partial charge on any atom is -0.383 e. The molecule has 0 radical (unpaired) electrons. The number of nitrogens with one attached hydrogen (secondary N) is 1. The molecule has 0 aromatic carbocycles. The van der Waals surface area contributed by atoms with Gasteiger partial charge in [0.2, 0.25) is 5.95 Å². The second kappa shape index (κ2) is 7.40. The Morgan fingerprint density at radius 1 is 1.25 bits per heavy atom. The van der Waals surface area contributed by atoms with Gasteiger partial charge >= 0.3 is 0 Å². The van der Waals surface area contributed by atoms with Crippen LogP contribution in [0, 0.1) is 6.92 Å². The van der Waals surface area contributed by atoms with Crippen LogP contribution in [0.3, 0.4) is 0 Å². The zero-order valence-corrected chi connectivity index (χ0v) is 12.7. The van der Waals surface area contributed by atoms with E-state index in [-0.39, 0.29) is 0 Å². The molecule has 6 nitrogen and oxygen atoms in total. The van der Waals surface area contributed by atoms with Crippen molar-refractivity contribution in [3.63, 3.8) is 0 Å². The third kappa shape index (κ3) is 4.05. The Morgan fingerprint density at radius 3 is 2.65 bits per heavy atom. The van der Waals surface area contributed by atoms with E-state index in [9.17, 15) is 0 Å². The number of anilines is 2. The SMILES string of the molecule is CCN1CCN(c2cc(C)nc(NCCOC)n2)CC1. The highest BCUT2D eigenvalue weighted by molar-refractivity contribution is 5.45. The Morgan fingerprint density at radius 2 is 2.00 bits per heavy atom. The van der Waals surface area contributed by atoms with Gasteiger partial charge in [-0.05, 0) is 13.5 Å². The van der Waals surface area contributed by atoms with Gasteiger partial charge in [0.1, 0.15) is 5.82 Å². The Kier molecular flexibility index (Phi) is 5.55. The van der Waals surface area contributed by atoms with Crippen molar-refractivity contribution in [3.8, 4) is 0 Å². The predicted molar refractivity (Wildman–Crippen MR) is 81.5 cm³/mol. The highest BCUT2D eigenvalue weighted by Crippen LogP contribution is 2.16. The van der Waals surface area contributed by atoms with Gasteiger partial charge in [0, 0.05) is 51.6 Å². The zero-order valence-electron chi connectivity index (χ0n) is 12.7. The molecule has 1 aliphatic heterocycles. The number of piperazine rings is 1. The summed E-state index contributed by atoms with van der Waals surface area (Å²) < 4.78 is 5.03. The monoisotopic (exact) mass is 279 g/mol. The second-order valence-corrected chi connectivity index (χ2v) is 5.03. The molecule has 0 atom stereocenters. The largest absolute Gasteiger partial charge is 0.383 e. The average Bonchev–Trinajstić information content (AvgIpc) is 2.47. The van der Waals surface area contributed by atoms with Gasteiger partial charge in [-0.15, -0.1) is 0 Å².